The molecule has 0 N–H and O–H groups in total. The molecule has 1 aromatic heterocycles. The fraction of sp³-hybridized carbons (Fsp3) is 0.429. The van der Waals surface area contributed by atoms with Crippen LogP contribution in [0, 0.1) is 0 Å². The standard InChI is InChI=1S/C7H6F3NOS/c1-2-4(12)5-6(7(8,9)10)13-3-11-5/h3H,2H2,1H3. The van der Waals surface area contributed by atoms with Crippen molar-refractivity contribution < 1.29 is 18.0 Å². The fourth-order valence-electron chi connectivity index (χ4n) is 0.813. The van der Waals surface area contributed by atoms with E-state index in [1.807, 2.05) is 0 Å². The Bertz CT molecular complexity index is 318. The highest BCUT2D eigenvalue weighted by Crippen LogP contribution is 2.34. The van der Waals surface area contributed by atoms with E-state index in [9.17, 15) is 18.0 Å². The molecule has 0 fully saturated rings. The lowest BCUT2D eigenvalue weighted by Gasteiger charge is -2.03. The molecule has 0 amide bonds. The monoisotopic (exact) mass is 209 g/mol. The van der Waals surface area contributed by atoms with Crippen LogP contribution in [-0.4, -0.2) is 10.8 Å². The van der Waals surface area contributed by atoms with Crippen LogP contribution < -0.4 is 0 Å². The summed E-state index contributed by atoms with van der Waals surface area (Å²) in [6.07, 6.45) is -4.44. The molecule has 0 aliphatic heterocycles. The average Bonchev–Trinajstić information content (AvgIpc) is 2.49. The Kier molecular flexibility index (Phi) is 2.70. The molecule has 13 heavy (non-hydrogen) atoms. The van der Waals surface area contributed by atoms with Crippen LogP contribution in [0.25, 0.3) is 0 Å². The van der Waals surface area contributed by atoms with Gasteiger partial charge in [0.1, 0.15) is 10.6 Å². The van der Waals surface area contributed by atoms with E-state index >= 15 is 0 Å². The number of carbonyl (C=O) groups is 1. The van der Waals surface area contributed by atoms with Crippen molar-refractivity contribution in [2.24, 2.45) is 0 Å². The third kappa shape index (κ3) is 2.06. The van der Waals surface area contributed by atoms with Gasteiger partial charge in [0.2, 0.25) is 0 Å². The zero-order valence-electron chi connectivity index (χ0n) is 6.68. The lowest BCUT2D eigenvalue weighted by Crippen LogP contribution is -2.10. The van der Waals surface area contributed by atoms with Gasteiger partial charge in [-0.25, -0.2) is 4.98 Å². The average molecular weight is 209 g/mol. The molecule has 0 spiro atoms. The normalized spacial score (nSPS) is 11.7. The Morgan fingerprint density at radius 1 is 1.62 bits per heavy atom. The molecule has 0 saturated carbocycles. The maximum atomic E-state index is 12.2. The van der Waals surface area contributed by atoms with Crippen LogP contribution in [0.15, 0.2) is 5.51 Å². The maximum absolute atomic E-state index is 12.2. The number of aromatic nitrogens is 1. The van der Waals surface area contributed by atoms with Gasteiger partial charge in [0, 0.05) is 6.42 Å². The molecule has 6 heteroatoms. The molecule has 0 unspecified atom stereocenters. The fourth-order valence-corrected chi connectivity index (χ4v) is 1.49. The van der Waals surface area contributed by atoms with Crippen LogP contribution >= 0.6 is 11.3 Å². The highest BCUT2D eigenvalue weighted by molar-refractivity contribution is 7.10. The minimum Gasteiger partial charge on any atom is -0.292 e. The molecule has 72 valence electrons. The van der Waals surface area contributed by atoms with Gasteiger partial charge < -0.3 is 0 Å². The number of rotatable bonds is 2. The largest absolute Gasteiger partial charge is 0.427 e. The number of thiazole rings is 1. The number of halogens is 3. The molecule has 0 bridgehead atoms. The lowest BCUT2D eigenvalue weighted by atomic mass is 10.2. The van der Waals surface area contributed by atoms with Crippen LogP contribution in [0.3, 0.4) is 0 Å². The van der Waals surface area contributed by atoms with Crippen molar-refractivity contribution in [2.45, 2.75) is 19.5 Å². The molecule has 0 aromatic carbocycles. The molecule has 0 saturated heterocycles. The number of hydrogen-bond acceptors (Lipinski definition) is 3. The van der Waals surface area contributed by atoms with Gasteiger partial charge in [0.25, 0.3) is 0 Å². The summed E-state index contributed by atoms with van der Waals surface area (Å²) in [6.45, 7) is 1.50. The summed E-state index contributed by atoms with van der Waals surface area (Å²) in [5.74, 6) is -0.575. The molecule has 0 aliphatic rings. The molecule has 0 atom stereocenters. The number of alkyl halides is 3. The molecular weight excluding hydrogens is 203 g/mol. The third-order valence-electron chi connectivity index (χ3n) is 1.41. The van der Waals surface area contributed by atoms with E-state index in [4.69, 9.17) is 0 Å². The number of hydrogen-bond donors (Lipinski definition) is 0. The first-order valence-corrected chi connectivity index (χ1v) is 4.38. The predicted molar refractivity (Wildman–Crippen MR) is 41.7 cm³/mol. The predicted octanol–water partition coefficient (Wildman–Crippen LogP) is 2.75. The second kappa shape index (κ2) is 3.45. The Balaban J connectivity index is 3.10. The molecule has 1 rings (SSSR count). The van der Waals surface area contributed by atoms with E-state index in [1.165, 1.54) is 6.92 Å². The molecule has 1 heterocycles. The highest BCUT2D eigenvalue weighted by Gasteiger charge is 2.37. The van der Waals surface area contributed by atoms with Crippen molar-refractivity contribution in [1.29, 1.82) is 0 Å². The summed E-state index contributed by atoms with van der Waals surface area (Å²) in [5.41, 5.74) is 0.575. The number of carbonyl (C=O) groups excluding carboxylic acids is 1. The SMILES string of the molecule is CCC(=O)c1ncsc1C(F)(F)F. The van der Waals surface area contributed by atoms with Crippen LogP contribution in [-0.2, 0) is 6.18 Å². The van der Waals surface area contributed by atoms with Crippen molar-refractivity contribution in [3.8, 4) is 0 Å². The second-order valence-electron chi connectivity index (χ2n) is 2.30. The number of ketones is 1. The Morgan fingerprint density at radius 3 is 2.69 bits per heavy atom. The van der Waals surface area contributed by atoms with Crippen molar-refractivity contribution >= 4 is 17.1 Å². The van der Waals surface area contributed by atoms with Gasteiger partial charge in [0.15, 0.2) is 5.78 Å². The molecule has 2 nitrogen and oxygen atoms in total. The second-order valence-corrected chi connectivity index (χ2v) is 3.16. The highest BCUT2D eigenvalue weighted by atomic mass is 32.1. The van der Waals surface area contributed by atoms with Gasteiger partial charge in [-0.05, 0) is 0 Å². The minimum absolute atomic E-state index is 0.0345. The third-order valence-corrected chi connectivity index (χ3v) is 2.28. The van der Waals surface area contributed by atoms with Crippen molar-refractivity contribution in [2.75, 3.05) is 0 Å². The van der Waals surface area contributed by atoms with Gasteiger partial charge in [-0.1, -0.05) is 6.92 Å². The quantitative estimate of drug-likeness (QED) is 0.701. The van der Waals surface area contributed by atoms with Crippen LogP contribution in [0.4, 0.5) is 13.2 Å². The first kappa shape index (κ1) is 10.2. The summed E-state index contributed by atoms with van der Waals surface area (Å²) in [7, 11) is 0. The Hall–Kier alpha value is -0.910. The van der Waals surface area contributed by atoms with Crippen molar-refractivity contribution in [1.82, 2.24) is 4.98 Å². The topological polar surface area (TPSA) is 30.0 Å². The van der Waals surface area contributed by atoms with E-state index in [0.717, 1.165) is 5.51 Å². The molecule has 0 aliphatic carbocycles. The van der Waals surface area contributed by atoms with Crippen molar-refractivity contribution in [3.63, 3.8) is 0 Å². The van der Waals surface area contributed by atoms with E-state index in [0.29, 0.717) is 11.3 Å². The summed E-state index contributed by atoms with van der Waals surface area (Å²) in [5, 5.41) is 0. The van der Waals surface area contributed by atoms with Gasteiger partial charge in [-0.3, -0.25) is 4.79 Å². The maximum Gasteiger partial charge on any atom is 0.427 e. The van der Waals surface area contributed by atoms with Gasteiger partial charge in [0.05, 0.1) is 5.51 Å². The van der Waals surface area contributed by atoms with Gasteiger partial charge in [-0.2, -0.15) is 13.2 Å². The Labute approximate surface area is 76.4 Å². The lowest BCUT2D eigenvalue weighted by molar-refractivity contribution is -0.134. The van der Waals surface area contributed by atoms with E-state index in [1.54, 1.807) is 0 Å². The first-order chi connectivity index (χ1) is 5.96. The van der Waals surface area contributed by atoms with Crippen LogP contribution in [0.2, 0.25) is 0 Å². The number of Topliss-reactive ketones (excluding diaryl/α,β-unsaturated/α-hetero) is 1. The molecule has 0 radical (unpaired) electrons. The Morgan fingerprint density at radius 2 is 2.23 bits per heavy atom. The smallest absolute Gasteiger partial charge is 0.292 e. The summed E-state index contributed by atoms with van der Waals surface area (Å²) in [6, 6.07) is 0. The zero-order valence-corrected chi connectivity index (χ0v) is 7.50. The van der Waals surface area contributed by atoms with Gasteiger partial charge in [-0.15, -0.1) is 11.3 Å². The van der Waals surface area contributed by atoms with Crippen molar-refractivity contribution in [3.05, 3.63) is 16.1 Å². The molecule has 1 aromatic rings. The first-order valence-electron chi connectivity index (χ1n) is 3.50. The summed E-state index contributed by atoms with van der Waals surface area (Å²) < 4.78 is 36.6. The van der Waals surface area contributed by atoms with E-state index < -0.39 is 22.5 Å². The van der Waals surface area contributed by atoms with Crippen LogP contribution in [0.1, 0.15) is 28.7 Å². The minimum atomic E-state index is -4.47. The van der Waals surface area contributed by atoms with Crippen LogP contribution in [0.5, 0.6) is 0 Å². The molecular formula is C7H6F3NOS. The number of nitrogens with zero attached hydrogens (tertiary/aromatic N) is 1. The summed E-state index contributed by atoms with van der Waals surface area (Å²) >= 11 is 0.443. The van der Waals surface area contributed by atoms with E-state index in [2.05, 4.69) is 4.98 Å². The van der Waals surface area contributed by atoms with Gasteiger partial charge >= 0.3 is 6.18 Å². The summed E-state index contributed by atoms with van der Waals surface area (Å²) in [4.78, 5) is 13.5. The van der Waals surface area contributed by atoms with E-state index in [-0.39, 0.29) is 6.42 Å². The zero-order chi connectivity index (χ0) is 10.1.